The molecule has 2 aromatic rings. The van der Waals surface area contributed by atoms with E-state index in [1.165, 1.54) is 36.4 Å². The molecule has 0 aromatic heterocycles. The summed E-state index contributed by atoms with van der Waals surface area (Å²) >= 11 is 3.80. The lowest BCUT2D eigenvalue weighted by atomic mass is 10.1. The van der Waals surface area contributed by atoms with Crippen molar-refractivity contribution < 1.29 is 18.9 Å². The molecule has 0 saturated carbocycles. The second-order valence-electron chi connectivity index (χ2n) is 5.33. The highest BCUT2D eigenvalue weighted by Gasteiger charge is 2.35. The Kier molecular flexibility index (Phi) is 5.19. The number of rotatable bonds is 4. The third kappa shape index (κ3) is 3.68. The zero-order valence-corrected chi connectivity index (χ0v) is 15.4. The summed E-state index contributed by atoms with van der Waals surface area (Å²) in [5.74, 6) is -1.06. The predicted molar refractivity (Wildman–Crippen MR) is 98.7 cm³/mol. The first-order valence-corrected chi connectivity index (χ1v) is 8.90. The molecule has 1 aliphatic rings. The maximum absolute atomic E-state index is 13.8. The number of carbonyl (C=O) groups excluding carboxylic acids is 2. The van der Waals surface area contributed by atoms with Crippen LogP contribution in [0.4, 0.5) is 14.9 Å². The number of hydrogen-bond acceptors (Lipinski definition) is 5. The molecule has 1 saturated heterocycles. The zero-order valence-electron chi connectivity index (χ0n) is 13.0. The van der Waals surface area contributed by atoms with Gasteiger partial charge >= 0.3 is 0 Å². The number of thioether (sulfide) groups is 1. The Morgan fingerprint density at radius 3 is 2.65 bits per heavy atom. The molecule has 2 aromatic carbocycles. The number of nitro groups is 1. The number of amides is 2. The molecule has 0 spiro atoms. The fourth-order valence-corrected chi connectivity index (χ4v) is 3.57. The smallest absolute Gasteiger partial charge is 0.268 e. The third-order valence-corrected chi connectivity index (χ3v) is 5.20. The summed E-state index contributed by atoms with van der Waals surface area (Å²) in [6.07, 6.45) is 1.41. The van der Waals surface area contributed by atoms with Gasteiger partial charge < -0.3 is 0 Å². The highest BCUT2D eigenvalue weighted by Crippen LogP contribution is 2.34. The van der Waals surface area contributed by atoms with Crippen LogP contribution in [0.25, 0.3) is 6.08 Å². The summed E-state index contributed by atoms with van der Waals surface area (Å²) in [4.78, 5) is 36.1. The van der Waals surface area contributed by atoms with Crippen LogP contribution in [0.5, 0.6) is 0 Å². The first kappa shape index (κ1) is 18.3. The fourth-order valence-electron chi connectivity index (χ4n) is 2.34. The number of nitro benzene ring substituents is 1. The van der Waals surface area contributed by atoms with Crippen LogP contribution in [0.1, 0.15) is 11.1 Å². The molecule has 0 bridgehead atoms. The number of carbonyl (C=O) groups is 2. The van der Waals surface area contributed by atoms with Gasteiger partial charge in [0.05, 0.1) is 20.8 Å². The standard InChI is InChI=1S/C17H10BrFN2O4S/c18-12-6-5-10(7-14(12)21(24)25)8-15-16(22)20(17(23)26-15)9-11-3-1-2-4-13(11)19/h1-8H,9H2/b15-8-. The second-order valence-corrected chi connectivity index (χ2v) is 7.17. The molecular formula is C17H10BrFN2O4S. The van der Waals surface area contributed by atoms with Gasteiger partial charge in [-0.15, -0.1) is 0 Å². The van der Waals surface area contributed by atoms with E-state index in [-0.39, 0.29) is 22.7 Å². The molecule has 2 amide bonds. The van der Waals surface area contributed by atoms with Crippen molar-refractivity contribution in [3.05, 3.63) is 78.9 Å². The largest absolute Gasteiger partial charge is 0.293 e. The monoisotopic (exact) mass is 436 g/mol. The lowest BCUT2D eigenvalue weighted by Gasteiger charge is -2.12. The summed E-state index contributed by atoms with van der Waals surface area (Å²) in [5.41, 5.74) is 0.496. The molecule has 0 N–H and O–H groups in total. The van der Waals surface area contributed by atoms with Gasteiger partial charge in [0.2, 0.25) is 0 Å². The third-order valence-electron chi connectivity index (χ3n) is 3.62. The number of benzene rings is 2. The van der Waals surface area contributed by atoms with Gasteiger partial charge in [0.15, 0.2) is 0 Å². The Morgan fingerprint density at radius 1 is 1.23 bits per heavy atom. The molecule has 0 aliphatic carbocycles. The maximum atomic E-state index is 13.8. The topological polar surface area (TPSA) is 80.5 Å². The number of nitrogens with zero attached hydrogens (tertiary/aromatic N) is 2. The van der Waals surface area contributed by atoms with Crippen molar-refractivity contribution in [2.24, 2.45) is 0 Å². The van der Waals surface area contributed by atoms with Gasteiger partial charge in [0.25, 0.3) is 16.8 Å². The van der Waals surface area contributed by atoms with E-state index in [0.717, 1.165) is 4.90 Å². The lowest BCUT2D eigenvalue weighted by Crippen LogP contribution is -2.27. The van der Waals surface area contributed by atoms with E-state index >= 15 is 0 Å². The van der Waals surface area contributed by atoms with Gasteiger partial charge in [-0.05, 0) is 51.5 Å². The predicted octanol–water partition coefficient (Wildman–Crippen LogP) is 4.73. The van der Waals surface area contributed by atoms with Crippen LogP contribution in [-0.2, 0) is 11.3 Å². The van der Waals surface area contributed by atoms with E-state index in [4.69, 9.17) is 0 Å². The van der Waals surface area contributed by atoms with E-state index in [2.05, 4.69) is 15.9 Å². The highest BCUT2D eigenvalue weighted by molar-refractivity contribution is 9.10. The quantitative estimate of drug-likeness (QED) is 0.393. The van der Waals surface area contributed by atoms with Gasteiger partial charge in [-0.2, -0.15) is 0 Å². The van der Waals surface area contributed by atoms with Crippen molar-refractivity contribution in [3.63, 3.8) is 0 Å². The van der Waals surface area contributed by atoms with E-state index in [1.54, 1.807) is 12.1 Å². The van der Waals surface area contributed by atoms with Gasteiger partial charge in [-0.1, -0.05) is 24.3 Å². The average molecular weight is 437 g/mol. The Hall–Kier alpha value is -2.52. The molecule has 0 atom stereocenters. The summed E-state index contributed by atoms with van der Waals surface area (Å²) in [7, 11) is 0. The minimum absolute atomic E-state index is 0.128. The van der Waals surface area contributed by atoms with Crippen molar-refractivity contribution in [3.8, 4) is 0 Å². The first-order valence-electron chi connectivity index (χ1n) is 7.29. The van der Waals surface area contributed by atoms with Crippen molar-refractivity contribution in [1.29, 1.82) is 0 Å². The molecule has 9 heteroatoms. The molecule has 0 radical (unpaired) electrons. The SMILES string of the molecule is O=C1S/C(=C\c2ccc(Br)c([N+](=O)[O-])c2)C(=O)N1Cc1ccccc1F. The molecule has 0 unspecified atom stereocenters. The molecule has 1 fully saturated rings. The maximum Gasteiger partial charge on any atom is 0.293 e. The summed E-state index contributed by atoms with van der Waals surface area (Å²) in [6.45, 7) is -0.171. The van der Waals surface area contributed by atoms with E-state index in [1.807, 2.05) is 0 Å². The van der Waals surface area contributed by atoms with Crippen LogP contribution in [0.15, 0.2) is 51.8 Å². The van der Waals surface area contributed by atoms with Crippen LogP contribution in [-0.4, -0.2) is 21.0 Å². The minimum atomic E-state index is -0.561. The number of hydrogen-bond donors (Lipinski definition) is 0. The normalized spacial score (nSPS) is 15.8. The Morgan fingerprint density at radius 2 is 1.96 bits per heavy atom. The Bertz CT molecular complexity index is 964. The summed E-state index contributed by atoms with van der Waals surface area (Å²) in [5, 5.41) is 10.5. The minimum Gasteiger partial charge on any atom is -0.268 e. The average Bonchev–Trinajstić information content (AvgIpc) is 2.85. The Labute approximate surface area is 160 Å². The molecule has 26 heavy (non-hydrogen) atoms. The van der Waals surface area contributed by atoms with E-state index < -0.39 is 21.9 Å². The summed E-state index contributed by atoms with van der Waals surface area (Å²) < 4.78 is 14.1. The van der Waals surface area contributed by atoms with Crippen molar-refractivity contribution >= 4 is 50.6 Å². The second kappa shape index (κ2) is 7.38. The number of imide groups is 1. The van der Waals surface area contributed by atoms with E-state index in [9.17, 15) is 24.1 Å². The highest BCUT2D eigenvalue weighted by atomic mass is 79.9. The van der Waals surface area contributed by atoms with Crippen molar-refractivity contribution in [1.82, 2.24) is 4.90 Å². The first-order chi connectivity index (χ1) is 12.4. The molecule has 1 heterocycles. The van der Waals surface area contributed by atoms with Crippen molar-refractivity contribution in [2.75, 3.05) is 0 Å². The molecule has 132 valence electrons. The van der Waals surface area contributed by atoms with Crippen molar-refractivity contribution in [2.45, 2.75) is 6.54 Å². The van der Waals surface area contributed by atoms with Crippen LogP contribution in [0.3, 0.4) is 0 Å². The van der Waals surface area contributed by atoms with E-state index in [0.29, 0.717) is 21.8 Å². The molecular weight excluding hydrogens is 427 g/mol. The van der Waals surface area contributed by atoms with Gasteiger partial charge in [0.1, 0.15) is 5.82 Å². The molecule has 6 nitrogen and oxygen atoms in total. The lowest BCUT2D eigenvalue weighted by molar-refractivity contribution is -0.385. The Balaban J connectivity index is 1.87. The fraction of sp³-hybridized carbons (Fsp3) is 0.0588. The zero-order chi connectivity index (χ0) is 18.8. The van der Waals surface area contributed by atoms with Crippen LogP contribution >= 0.6 is 27.7 Å². The van der Waals surface area contributed by atoms with Gasteiger partial charge in [-0.25, -0.2) is 4.39 Å². The number of halogens is 2. The molecule has 3 rings (SSSR count). The molecule has 1 aliphatic heterocycles. The van der Waals surface area contributed by atoms with Crippen LogP contribution in [0.2, 0.25) is 0 Å². The van der Waals surface area contributed by atoms with Crippen LogP contribution < -0.4 is 0 Å². The van der Waals surface area contributed by atoms with Gasteiger partial charge in [0, 0.05) is 11.6 Å². The summed E-state index contributed by atoms with van der Waals surface area (Å²) in [6, 6.07) is 10.3. The van der Waals surface area contributed by atoms with Gasteiger partial charge in [-0.3, -0.25) is 24.6 Å². The van der Waals surface area contributed by atoms with Crippen LogP contribution in [0, 0.1) is 15.9 Å².